The molecule has 2 aromatic carbocycles. The molecule has 0 radical (unpaired) electrons. The SMILES string of the molecule is CN(C)Cc1ccc([C@H]2CCCC[C@@H]2C(=O)N[C@@H](CO)c2ccccc2)cc1. The van der Waals surface area contributed by atoms with E-state index in [0.29, 0.717) is 0 Å². The Hall–Kier alpha value is -2.17. The molecule has 2 aromatic rings. The van der Waals surface area contributed by atoms with Crippen molar-refractivity contribution < 1.29 is 9.90 Å². The van der Waals surface area contributed by atoms with Crippen LogP contribution in [-0.4, -0.2) is 36.6 Å². The molecule has 1 fully saturated rings. The predicted molar refractivity (Wildman–Crippen MR) is 113 cm³/mol. The molecule has 0 heterocycles. The highest BCUT2D eigenvalue weighted by atomic mass is 16.3. The van der Waals surface area contributed by atoms with E-state index in [1.54, 1.807) is 0 Å². The van der Waals surface area contributed by atoms with Gasteiger partial charge in [0.05, 0.1) is 12.6 Å². The lowest BCUT2D eigenvalue weighted by atomic mass is 9.74. The predicted octanol–water partition coefficient (Wildman–Crippen LogP) is 3.87. The third kappa shape index (κ3) is 5.21. The summed E-state index contributed by atoms with van der Waals surface area (Å²) in [5.74, 6) is 0.272. The Morgan fingerprint density at radius 3 is 2.39 bits per heavy atom. The molecule has 0 bridgehead atoms. The van der Waals surface area contributed by atoms with E-state index in [1.165, 1.54) is 11.1 Å². The summed E-state index contributed by atoms with van der Waals surface area (Å²) >= 11 is 0. The summed E-state index contributed by atoms with van der Waals surface area (Å²) in [6.45, 7) is 0.830. The number of rotatable bonds is 7. The van der Waals surface area contributed by atoms with Gasteiger partial charge in [-0.3, -0.25) is 4.79 Å². The molecule has 4 heteroatoms. The van der Waals surface area contributed by atoms with Crippen molar-refractivity contribution in [3.63, 3.8) is 0 Å². The molecule has 2 N–H and O–H groups in total. The second-order valence-corrected chi connectivity index (χ2v) is 8.13. The van der Waals surface area contributed by atoms with Gasteiger partial charge < -0.3 is 15.3 Å². The average Bonchev–Trinajstić information content (AvgIpc) is 2.72. The molecule has 4 nitrogen and oxygen atoms in total. The normalized spacial score (nSPS) is 20.7. The van der Waals surface area contributed by atoms with Gasteiger partial charge in [-0.25, -0.2) is 0 Å². The molecule has 28 heavy (non-hydrogen) atoms. The van der Waals surface area contributed by atoms with E-state index in [-0.39, 0.29) is 30.4 Å². The molecule has 0 saturated heterocycles. The van der Waals surface area contributed by atoms with E-state index in [0.717, 1.165) is 37.8 Å². The zero-order valence-electron chi connectivity index (χ0n) is 17.0. The summed E-state index contributed by atoms with van der Waals surface area (Å²) in [5, 5.41) is 12.9. The second kappa shape index (κ2) is 9.85. The van der Waals surface area contributed by atoms with Gasteiger partial charge in [0, 0.05) is 12.5 Å². The van der Waals surface area contributed by atoms with Crippen molar-refractivity contribution in [3.8, 4) is 0 Å². The number of benzene rings is 2. The third-order valence-corrected chi connectivity index (χ3v) is 5.71. The van der Waals surface area contributed by atoms with Crippen LogP contribution in [-0.2, 0) is 11.3 Å². The zero-order chi connectivity index (χ0) is 19.9. The molecule has 1 aliphatic rings. The molecule has 0 aliphatic heterocycles. The number of carbonyl (C=O) groups is 1. The van der Waals surface area contributed by atoms with Crippen molar-refractivity contribution in [1.82, 2.24) is 10.2 Å². The number of amides is 1. The summed E-state index contributed by atoms with van der Waals surface area (Å²) in [6.07, 6.45) is 4.20. The number of nitrogens with one attached hydrogen (secondary N) is 1. The molecule has 0 aromatic heterocycles. The minimum Gasteiger partial charge on any atom is -0.394 e. The van der Waals surface area contributed by atoms with Gasteiger partial charge in [-0.1, -0.05) is 67.4 Å². The smallest absolute Gasteiger partial charge is 0.224 e. The van der Waals surface area contributed by atoms with Crippen molar-refractivity contribution in [2.24, 2.45) is 5.92 Å². The van der Waals surface area contributed by atoms with Gasteiger partial charge in [-0.2, -0.15) is 0 Å². The fraction of sp³-hybridized carbons (Fsp3) is 0.458. The van der Waals surface area contributed by atoms with Crippen LogP contribution >= 0.6 is 0 Å². The summed E-state index contributed by atoms with van der Waals surface area (Å²) in [7, 11) is 4.14. The van der Waals surface area contributed by atoms with Crippen LogP contribution in [0.5, 0.6) is 0 Å². The topological polar surface area (TPSA) is 52.6 Å². The van der Waals surface area contributed by atoms with E-state index < -0.39 is 0 Å². The second-order valence-electron chi connectivity index (χ2n) is 8.13. The Labute approximate surface area is 168 Å². The third-order valence-electron chi connectivity index (χ3n) is 5.71. The number of nitrogens with zero attached hydrogens (tertiary/aromatic N) is 1. The monoisotopic (exact) mass is 380 g/mol. The minimum atomic E-state index is -0.348. The Kier molecular flexibility index (Phi) is 7.24. The van der Waals surface area contributed by atoms with Crippen LogP contribution in [0.3, 0.4) is 0 Å². The van der Waals surface area contributed by atoms with Crippen LogP contribution in [0.15, 0.2) is 54.6 Å². The van der Waals surface area contributed by atoms with Crippen molar-refractivity contribution in [3.05, 3.63) is 71.3 Å². The van der Waals surface area contributed by atoms with E-state index in [9.17, 15) is 9.90 Å². The maximum Gasteiger partial charge on any atom is 0.224 e. The lowest BCUT2D eigenvalue weighted by Crippen LogP contribution is -2.39. The molecule has 1 saturated carbocycles. The number of aliphatic hydroxyl groups is 1. The average molecular weight is 381 g/mol. The Bertz CT molecular complexity index is 743. The summed E-state index contributed by atoms with van der Waals surface area (Å²) in [6, 6.07) is 18.1. The quantitative estimate of drug-likeness (QED) is 0.767. The highest BCUT2D eigenvalue weighted by molar-refractivity contribution is 5.80. The highest BCUT2D eigenvalue weighted by Gasteiger charge is 2.33. The number of carbonyl (C=O) groups excluding carboxylic acids is 1. The first-order valence-corrected chi connectivity index (χ1v) is 10.3. The maximum absolute atomic E-state index is 13.1. The molecule has 0 unspecified atom stereocenters. The molecule has 1 aliphatic carbocycles. The fourth-order valence-electron chi connectivity index (χ4n) is 4.28. The molecule has 150 valence electrons. The van der Waals surface area contributed by atoms with Crippen LogP contribution in [0.4, 0.5) is 0 Å². The first-order chi connectivity index (χ1) is 13.6. The Morgan fingerprint density at radius 1 is 1.07 bits per heavy atom. The van der Waals surface area contributed by atoms with E-state index in [2.05, 4.69) is 48.6 Å². The molecule has 3 atom stereocenters. The van der Waals surface area contributed by atoms with Gasteiger partial charge in [-0.05, 0) is 49.5 Å². The molecule has 3 rings (SSSR count). The van der Waals surface area contributed by atoms with E-state index in [4.69, 9.17) is 0 Å². The molecule has 0 spiro atoms. The van der Waals surface area contributed by atoms with E-state index in [1.807, 2.05) is 30.3 Å². The fourth-order valence-corrected chi connectivity index (χ4v) is 4.28. The first kappa shape index (κ1) is 20.6. The zero-order valence-corrected chi connectivity index (χ0v) is 17.0. The van der Waals surface area contributed by atoms with Gasteiger partial charge in [0.2, 0.25) is 5.91 Å². The Morgan fingerprint density at radius 2 is 1.75 bits per heavy atom. The van der Waals surface area contributed by atoms with Gasteiger partial charge in [0.1, 0.15) is 0 Å². The Balaban J connectivity index is 1.72. The van der Waals surface area contributed by atoms with Crippen molar-refractivity contribution in [1.29, 1.82) is 0 Å². The number of hydrogen-bond donors (Lipinski definition) is 2. The van der Waals surface area contributed by atoms with Crippen LogP contribution < -0.4 is 5.32 Å². The van der Waals surface area contributed by atoms with Crippen molar-refractivity contribution in [2.75, 3.05) is 20.7 Å². The summed E-state index contributed by atoms with van der Waals surface area (Å²) in [4.78, 5) is 15.3. The summed E-state index contributed by atoms with van der Waals surface area (Å²) < 4.78 is 0. The van der Waals surface area contributed by atoms with Crippen LogP contribution in [0, 0.1) is 5.92 Å². The molecular weight excluding hydrogens is 348 g/mol. The van der Waals surface area contributed by atoms with Crippen molar-refractivity contribution >= 4 is 5.91 Å². The maximum atomic E-state index is 13.1. The van der Waals surface area contributed by atoms with Gasteiger partial charge in [0.25, 0.3) is 0 Å². The number of aliphatic hydroxyl groups excluding tert-OH is 1. The van der Waals surface area contributed by atoms with Gasteiger partial charge >= 0.3 is 0 Å². The van der Waals surface area contributed by atoms with Gasteiger partial charge in [0.15, 0.2) is 0 Å². The largest absolute Gasteiger partial charge is 0.394 e. The first-order valence-electron chi connectivity index (χ1n) is 10.3. The van der Waals surface area contributed by atoms with Crippen LogP contribution in [0.2, 0.25) is 0 Å². The summed E-state index contributed by atoms with van der Waals surface area (Å²) in [5.41, 5.74) is 3.48. The lowest BCUT2D eigenvalue weighted by Gasteiger charge is -2.32. The number of hydrogen-bond acceptors (Lipinski definition) is 3. The minimum absolute atomic E-state index is 0.0359. The van der Waals surface area contributed by atoms with Crippen molar-refractivity contribution in [2.45, 2.75) is 44.2 Å². The van der Waals surface area contributed by atoms with Crippen LogP contribution in [0.25, 0.3) is 0 Å². The van der Waals surface area contributed by atoms with Gasteiger partial charge in [-0.15, -0.1) is 0 Å². The highest BCUT2D eigenvalue weighted by Crippen LogP contribution is 2.38. The molecule has 1 amide bonds. The van der Waals surface area contributed by atoms with Crippen LogP contribution in [0.1, 0.15) is 54.3 Å². The molecular formula is C24H32N2O2. The standard InChI is InChI=1S/C24H32N2O2/c1-26(2)16-18-12-14-19(15-13-18)21-10-6-7-11-22(21)24(28)25-23(17-27)20-8-4-3-5-9-20/h3-5,8-9,12-15,21-23,27H,6-7,10-11,16-17H2,1-2H3,(H,25,28)/t21-,22+,23+/m1/s1. The van der Waals surface area contributed by atoms with E-state index >= 15 is 0 Å². The lowest BCUT2D eigenvalue weighted by molar-refractivity contribution is -0.127.